The van der Waals surface area contributed by atoms with Gasteiger partial charge in [-0.3, -0.25) is 4.79 Å². The largest absolute Gasteiger partial charge is 0.322 e. The van der Waals surface area contributed by atoms with E-state index in [0.29, 0.717) is 22.7 Å². The van der Waals surface area contributed by atoms with Gasteiger partial charge in [0.25, 0.3) is 5.91 Å². The van der Waals surface area contributed by atoms with Crippen LogP contribution in [0, 0.1) is 11.2 Å². The Kier molecular flexibility index (Phi) is 5.88. The molecule has 0 fully saturated rings. The fourth-order valence-corrected chi connectivity index (χ4v) is 2.35. The van der Waals surface area contributed by atoms with Crippen molar-refractivity contribution in [2.75, 3.05) is 5.32 Å². The summed E-state index contributed by atoms with van der Waals surface area (Å²) < 4.78 is 13.9. The summed E-state index contributed by atoms with van der Waals surface area (Å²) in [5.41, 5.74) is 1.34. The lowest BCUT2D eigenvalue weighted by molar-refractivity contribution is 0.102. The van der Waals surface area contributed by atoms with Crippen molar-refractivity contribution in [2.45, 2.75) is 26.2 Å². The molecule has 0 aliphatic heterocycles. The topological polar surface area (TPSA) is 53.0 Å². The Balaban J connectivity index is 2.17. The van der Waals surface area contributed by atoms with Gasteiger partial charge >= 0.3 is 0 Å². The molecule has 0 unspecified atom stereocenters. The first-order valence-corrected chi connectivity index (χ1v) is 7.83. The quantitative estimate of drug-likeness (QED) is 0.694. The Morgan fingerprint density at radius 3 is 2.74 bits per heavy atom. The molecular formula is C18H18ClFN2O. The zero-order valence-corrected chi connectivity index (χ0v) is 13.6. The number of carbonyl (C=O) groups excluding carboxylic acids is 1. The van der Waals surface area contributed by atoms with Crippen LogP contribution in [0.1, 0.15) is 42.1 Å². The number of nitrogens with one attached hydrogen (secondary N) is 2. The summed E-state index contributed by atoms with van der Waals surface area (Å²) in [5.74, 6) is -0.781. The minimum absolute atomic E-state index is 0.224. The Morgan fingerprint density at radius 2 is 2.04 bits per heavy atom. The summed E-state index contributed by atoms with van der Waals surface area (Å²) in [7, 11) is 0. The van der Waals surface area contributed by atoms with Gasteiger partial charge in [-0.25, -0.2) is 4.39 Å². The summed E-state index contributed by atoms with van der Waals surface area (Å²) in [5, 5.41) is 11.1. The molecule has 2 rings (SSSR count). The van der Waals surface area contributed by atoms with Crippen LogP contribution >= 0.6 is 11.6 Å². The van der Waals surface area contributed by atoms with Gasteiger partial charge in [0.05, 0.1) is 0 Å². The molecule has 2 N–H and O–H groups in total. The highest BCUT2D eigenvalue weighted by Crippen LogP contribution is 2.19. The second-order valence-electron chi connectivity index (χ2n) is 5.24. The normalized spacial score (nSPS) is 10.4. The van der Waals surface area contributed by atoms with E-state index in [1.54, 1.807) is 24.3 Å². The second kappa shape index (κ2) is 7.88. The van der Waals surface area contributed by atoms with Gasteiger partial charge in [-0.15, -0.1) is 0 Å². The molecule has 5 heteroatoms. The van der Waals surface area contributed by atoms with Gasteiger partial charge < -0.3 is 10.7 Å². The van der Waals surface area contributed by atoms with Gasteiger partial charge in [-0.1, -0.05) is 31.0 Å². The predicted molar refractivity (Wildman–Crippen MR) is 92.2 cm³/mol. The number of unbranched alkanes of at least 4 members (excludes halogenated alkanes) is 1. The fraction of sp³-hybridized carbons (Fsp3) is 0.222. The molecule has 0 spiro atoms. The van der Waals surface area contributed by atoms with E-state index in [9.17, 15) is 9.18 Å². The molecular weight excluding hydrogens is 315 g/mol. The monoisotopic (exact) mass is 332 g/mol. The third-order valence-electron chi connectivity index (χ3n) is 3.42. The molecule has 0 bridgehead atoms. The van der Waals surface area contributed by atoms with E-state index in [2.05, 4.69) is 5.32 Å². The van der Waals surface area contributed by atoms with E-state index < -0.39 is 5.82 Å². The molecule has 3 nitrogen and oxygen atoms in total. The summed E-state index contributed by atoms with van der Waals surface area (Å²) in [6.07, 6.45) is 2.28. The maximum absolute atomic E-state index is 13.9. The van der Waals surface area contributed by atoms with Crippen molar-refractivity contribution in [3.05, 3.63) is 64.4 Å². The van der Waals surface area contributed by atoms with E-state index in [1.807, 2.05) is 6.92 Å². The van der Waals surface area contributed by atoms with Crippen molar-refractivity contribution < 1.29 is 9.18 Å². The van der Waals surface area contributed by atoms with Crippen LogP contribution in [0.3, 0.4) is 0 Å². The van der Waals surface area contributed by atoms with Crippen LogP contribution in [0.5, 0.6) is 0 Å². The van der Waals surface area contributed by atoms with Crippen LogP contribution in [0.15, 0.2) is 42.5 Å². The van der Waals surface area contributed by atoms with E-state index in [4.69, 9.17) is 17.0 Å². The minimum Gasteiger partial charge on any atom is -0.322 e. The van der Waals surface area contributed by atoms with Crippen molar-refractivity contribution in [2.24, 2.45) is 0 Å². The van der Waals surface area contributed by atoms with Crippen LogP contribution in [-0.4, -0.2) is 11.6 Å². The number of carbonyl (C=O) groups is 1. The first kappa shape index (κ1) is 17.2. The summed E-state index contributed by atoms with van der Waals surface area (Å²) in [6.45, 7) is 2.02. The van der Waals surface area contributed by atoms with E-state index >= 15 is 0 Å². The van der Waals surface area contributed by atoms with E-state index in [1.165, 1.54) is 18.2 Å². The molecule has 2 aromatic rings. The molecule has 0 radical (unpaired) electrons. The SMILES string of the molecule is CCCCC(=N)c1cc(NC(=O)c2cccc(Cl)c2)ccc1F. The van der Waals surface area contributed by atoms with Gasteiger partial charge in [-0.2, -0.15) is 0 Å². The molecule has 2 aromatic carbocycles. The lowest BCUT2D eigenvalue weighted by atomic mass is 10.0. The van der Waals surface area contributed by atoms with Crippen LogP contribution < -0.4 is 5.32 Å². The summed E-state index contributed by atoms with van der Waals surface area (Å²) in [4.78, 5) is 12.2. The van der Waals surface area contributed by atoms with Crippen LogP contribution in [0.25, 0.3) is 0 Å². The van der Waals surface area contributed by atoms with Crippen molar-refractivity contribution in [1.82, 2.24) is 0 Å². The standard InChI is InChI=1S/C18H18ClFN2O/c1-2-3-7-17(21)15-11-14(8-9-16(15)20)22-18(23)12-5-4-6-13(19)10-12/h4-6,8-11,21H,2-3,7H2,1H3,(H,22,23). The molecule has 0 aromatic heterocycles. The highest BCUT2D eigenvalue weighted by molar-refractivity contribution is 6.31. The Bertz CT molecular complexity index is 731. The molecule has 120 valence electrons. The number of hydrogen-bond donors (Lipinski definition) is 2. The molecule has 0 aliphatic rings. The average molecular weight is 333 g/mol. The van der Waals surface area contributed by atoms with Crippen molar-refractivity contribution in [1.29, 1.82) is 5.41 Å². The number of hydrogen-bond acceptors (Lipinski definition) is 2. The summed E-state index contributed by atoms with van der Waals surface area (Å²) in [6, 6.07) is 10.8. The molecule has 0 heterocycles. The van der Waals surface area contributed by atoms with Crippen LogP contribution in [0.2, 0.25) is 5.02 Å². The lowest BCUT2D eigenvalue weighted by Gasteiger charge is -2.10. The van der Waals surface area contributed by atoms with Crippen molar-refractivity contribution in [3.63, 3.8) is 0 Å². The maximum Gasteiger partial charge on any atom is 0.255 e. The third kappa shape index (κ3) is 4.63. The number of halogens is 2. The third-order valence-corrected chi connectivity index (χ3v) is 3.65. The van der Waals surface area contributed by atoms with Crippen molar-refractivity contribution in [3.8, 4) is 0 Å². The molecule has 1 amide bonds. The first-order chi connectivity index (χ1) is 11.0. The van der Waals surface area contributed by atoms with Gasteiger partial charge in [0, 0.05) is 27.5 Å². The fourth-order valence-electron chi connectivity index (χ4n) is 2.16. The number of anilines is 1. The second-order valence-corrected chi connectivity index (χ2v) is 5.68. The van der Waals surface area contributed by atoms with E-state index in [-0.39, 0.29) is 17.2 Å². The van der Waals surface area contributed by atoms with E-state index in [0.717, 1.165) is 12.8 Å². The zero-order valence-electron chi connectivity index (χ0n) is 12.8. The maximum atomic E-state index is 13.9. The van der Waals surface area contributed by atoms with Gasteiger partial charge in [0.2, 0.25) is 0 Å². The van der Waals surface area contributed by atoms with Crippen LogP contribution in [0.4, 0.5) is 10.1 Å². The molecule has 0 atom stereocenters. The first-order valence-electron chi connectivity index (χ1n) is 7.45. The number of benzene rings is 2. The minimum atomic E-state index is -0.452. The average Bonchev–Trinajstić information content (AvgIpc) is 2.54. The summed E-state index contributed by atoms with van der Waals surface area (Å²) >= 11 is 5.87. The highest BCUT2D eigenvalue weighted by atomic mass is 35.5. The molecule has 23 heavy (non-hydrogen) atoms. The van der Waals surface area contributed by atoms with Crippen LogP contribution in [-0.2, 0) is 0 Å². The molecule has 0 aliphatic carbocycles. The Labute approximate surface area is 140 Å². The van der Waals surface area contributed by atoms with Crippen molar-refractivity contribution >= 4 is 28.9 Å². The lowest BCUT2D eigenvalue weighted by Crippen LogP contribution is -2.13. The molecule has 0 saturated heterocycles. The number of rotatable bonds is 6. The smallest absolute Gasteiger partial charge is 0.255 e. The zero-order chi connectivity index (χ0) is 16.8. The molecule has 0 saturated carbocycles. The Morgan fingerprint density at radius 1 is 1.26 bits per heavy atom. The highest BCUT2D eigenvalue weighted by Gasteiger charge is 2.11. The Hall–Kier alpha value is -2.20. The predicted octanol–water partition coefficient (Wildman–Crippen LogP) is 5.29. The number of amides is 1. The van der Waals surface area contributed by atoms with Gasteiger partial charge in [0.15, 0.2) is 0 Å². The van der Waals surface area contributed by atoms with Gasteiger partial charge in [0.1, 0.15) is 5.82 Å². The van der Waals surface area contributed by atoms with Gasteiger partial charge in [-0.05, 0) is 49.2 Å².